The van der Waals surface area contributed by atoms with E-state index in [1.807, 2.05) is 0 Å². The van der Waals surface area contributed by atoms with Gasteiger partial charge in [0.25, 0.3) is 0 Å². The predicted molar refractivity (Wildman–Crippen MR) is 84.7 cm³/mol. The molecule has 0 fully saturated rings. The standard InChI is InChI=1S/C17H14F2N2O3/c1-10(22)11-3-2-4-13(7-11)20-16(23)9-17(24)21-15-6-5-12(18)8-14(15)19/h2-8H,9H2,1H3,(H,20,23)(H,21,24). The number of rotatable bonds is 5. The molecule has 24 heavy (non-hydrogen) atoms. The predicted octanol–water partition coefficient (Wildman–Crippen LogP) is 3.13. The number of nitrogens with one attached hydrogen (secondary N) is 2. The maximum absolute atomic E-state index is 13.4. The molecule has 0 saturated carbocycles. The van der Waals surface area contributed by atoms with E-state index in [0.29, 0.717) is 17.3 Å². The van der Waals surface area contributed by atoms with E-state index in [4.69, 9.17) is 0 Å². The van der Waals surface area contributed by atoms with Crippen LogP contribution in [0.2, 0.25) is 0 Å². The second-order valence-electron chi connectivity index (χ2n) is 5.03. The van der Waals surface area contributed by atoms with Gasteiger partial charge in [-0.2, -0.15) is 0 Å². The maximum atomic E-state index is 13.4. The van der Waals surface area contributed by atoms with E-state index in [1.54, 1.807) is 18.2 Å². The first kappa shape index (κ1) is 17.3. The Labute approximate surface area is 136 Å². The molecular formula is C17H14F2N2O3. The number of anilines is 2. The molecule has 0 saturated heterocycles. The smallest absolute Gasteiger partial charge is 0.233 e. The normalized spacial score (nSPS) is 10.1. The zero-order valence-corrected chi connectivity index (χ0v) is 12.7. The van der Waals surface area contributed by atoms with Gasteiger partial charge in [-0.3, -0.25) is 14.4 Å². The van der Waals surface area contributed by atoms with Gasteiger partial charge >= 0.3 is 0 Å². The van der Waals surface area contributed by atoms with Crippen LogP contribution in [0.1, 0.15) is 23.7 Å². The van der Waals surface area contributed by atoms with Gasteiger partial charge in [0.2, 0.25) is 11.8 Å². The quantitative estimate of drug-likeness (QED) is 0.652. The number of hydrogen-bond donors (Lipinski definition) is 2. The number of carbonyl (C=O) groups is 3. The molecule has 0 atom stereocenters. The highest BCUT2D eigenvalue weighted by molar-refractivity contribution is 6.08. The van der Waals surface area contributed by atoms with Crippen molar-refractivity contribution in [2.75, 3.05) is 10.6 Å². The van der Waals surface area contributed by atoms with Crippen LogP contribution >= 0.6 is 0 Å². The number of hydrogen-bond acceptors (Lipinski definition) is 3. The van der Waals surface area contributed by atoms with Gasteiger partial charge in [0, 0.05) is 17.3 Å². The third-order valence-corrected chi connectivity index (χ3v) is 3.08. The van der Waals surface area contributed by atoms with E-state index in [-0.39, 0.29) is 11.5 Å². The van der Waals surface area contributed by atoms with Gasteiger partial charge in [0.1, 0.15) is 18.1 Å². The minimum Gasteiger partial charge on any atom is -0.326 e. The summed E-state index contributed by atoms with van der Waals surface area (Å²) < 4.78 is 26.2. The first-order chi connectivity index (χ1) is 11.3. The van der Waals surface area contributed by atoms with E-state index >= 15 is 0 Å². The van der Waals surface area contributed by atoms with Crippen LogP contribution in [0.5, 0.6) is 0 Å². The molecule has 0 aliphatic carbocycles. The summed E-state index contributed by atoms with van der Waals surface area (Å²) in [5.74, 6) is -3.24. The molecule has 0 aromatic heterocycles. The van der Waals surface area contributed by atoms with Crippen molar-refractivity contribution < 1.29 is 23.2 Å². The van der Waals surface area contributed by atoms with Gasteiger partial charge in [0.15, 0.2) is 5.78 Å². The molecule has 124 valence electrons. The maximum Gasteiger partial charge on any atom is 0.233 e. The van der Waals surface area contributed by atoms with Gasteiger partial charge in [-0.15, -0.1) is 0 Å². The number of halogens is 2. The van der Waals surface area contributed by atoms with Crippen molar-refractivity contribution in [1.82, 2.24) is 0 Å². The number of ketones is 1. The molecule has 2 amide bonds. The molecule has 0 radical (unpaired) electrons. The van der Waals surface area contributed by atoms with Crippen LogP contribution in [-0.4, -0.2) is 17.6 Å². The Hall–Kier alpha value is -3.09. The molecule has 0 heterocycles. The van der Waals surface area contributed by atoms with E-state index in [0.717, 1.165) is 12.1 Å². The molecule has 2 rings (SSSR count). The topological polar surface area (TPSA) is 75.3 Å². The summed E-state index contributed by atoms with van der Waals surface area (Å²) in [6, 6.07) is 8.94. The van der Waals surface area contributed by atoms with Crippen LogP contribution in [0.15, 0.2) is 42.5 Å². The lowest BCUT2D eigenvalue weighted by Crippen LogP contribution is -2.22. The third kappa shape index (κ3) is 4.70. The number of amides is 2. The minimum atomic E-state index is -0.932. The van der Waals surface area contributed by atoms with Crippen molar-refractivity contribution in [2.45, 2.75) is 13.3 Å². The fraction of sp³-hybridized carbons (Fsp3) is 0.118. The molecule has 2 aromatic rings. The van der Waals surface area contributed by atoms with E-state index in [2.05, 4.69) is 10.6 Å². The summed E-state index contributed by atoms with van der Waals surface area (Å²) in [5, 5.41) is 4.66. The summed E-state index contributed by atoms with van der Waals surface area (Å²) in [7, 11) is 0. The summed E-state index contributed by atoms with van der Waals surface area (Å²) in [4.78, 5) is 34.8. The second-order valence-corrected chi connectivity index (χ2v) is 5.03. The molecular weight excluding hydrogens is 318 g/mol. The molecule has 2 N–H and O–H groups in total. The van der Waals surface area contributed by atoms with Gasteiger partial charge in [-0.1, -0.05) is 12.1 Å². The summed E-state index contributed by atoms with van der Waals surface area (Å²) in [6.45, 7) is 1.39. The zero-order chi connectivity index (χ0) is 17.7. The average Bonchev–Trinajstić information content (AvgIpc) is 2.50. The fourth-order valence-corrected chi connectivity index (χ4v) is 1.95. The molecule has 0 aliphatic rings. The molecule has 0 unspecified atom stereocenters. The van der Waals surface area contributed by atoms with Crippen molar-refractivity contribution in [1.29, 1.82) is 0 Å². The Morgan fingerprint density at radius 3 is 2.33 bits per heavy atom. The highest BCUT2D eigenvalue weighted by Crippen LogP contribution is 2.15. The number of carbonyl (C=O) groups excluding carboxylic acids is 3. The van der Waals surface area contributed by atoms with Crippen LogP contribution in [0.3, 0.4) is 0 Å². The third-order valence-electron chi connectivity index (χ3n) is 3.08. The lowest BCUT2D eigenvalue weighted by molar-refractivity contribution is -0.123. The average molecular weight is 332 g/mol. The Kier molecular flexibility index (Phi) is 5.36. The highest BCUT2D eigenvalue weighted by atomic mass is 19.1. The van der Waals surface area contributed by atoms with Gasteiger partial charge in [-0.05, 0) is 31.2 Å². The Morgan fingerprint density at radius 1 is 0.958 bits per heavy atom. The minimum absolute atomic E-state index is 0.157. The van der Waals surface area contributed by atoms with Crippen molar-refractivity contribution >= 4 is 29.0 Å². The Morgan fingerprint density at radius 2 is 1.67 bits per heavy atom. The van der Waals surface area contributed by atoms with Crippen molar-refractivity contribution in [3.05, 3.63) is 59.7 Å². The SMILES string of the molecule is CC(=O)c1cccc(NC(=O)CC(=O)Nc2ccc(F)cc2F)c1. The van der Waals surface area contributed by atoms with Crippen LogP contribution < -0.4 is 10.6 Å². The van der Waals surface area contributed by atoms with Crippen LogP contribution in [0.4, 0.5) is 20.2 Å². The second kappa shape index (κ2) is 7.45. The number of Topliss-reactive ketones (excluding diaryl/α,β-unsaturated/α-hetero) is 1. The van der Waals surface area contributed by atoms with Gasteiger partial charge < -0.3 is 10.6 Å². The molecule has 7 heteroatoms. The van der Waals surface area contributed by atoms with E-state index in [9.17, 15) is 23.2 Å². The van der Waals surface area contributed by atoms with E-state index in [1.165, 1.54) is 13.0 Å². The molecule has 2 aromatic carbocycles. The summed E-state index contributed by atoms with van der Waals surface area (Å²) >= 11 is 0. The first-order valence-corrected chi connectivity index (χ1v) is 7.01. The van der Waals surface area contributed by atoms with Crippen LogP contribution in [-0.2, 0) is 9.59 Å². The molecule has 5 nitrogen and oxygen atoms in total. The van der Waals surface area contributed by atoms with Crippen molar-refractivity contribution in [2.24, 2.45) is 0 Å². The van der Waals surface area contributed by atoms with Crippen molar-refractivity contribution in [3.8, 4) is 0 Å². The van der Waals surface area contributed by atoms with Crippen molar-refractivity contribution in [3.63, 3.8) is 0 Å². The monoisotopic (exact) mass is 332 g/mol. The molecule has 0 aliphatic heterocycles. The highest BCUT2D eigenvalue weighted by Gasteiger charge is 2.13. The molecule has 0 spiro atoms. The van der Waals surface area contributed by atoms with Crippen LogP contribution in [0, 0.1) is 11.6 Å². The van der Waals surface area contributed by atoms with E-state index < -0.39 is 29.9 Å². The van der Waals surface area contributed by atoms with Crippen LogP contribution in [0.25, 0.3) is 0 Å². The van der Waals surface area contributed by atoms with Gasteiger partial charge in [0.05, 0.1) is 5.69 Å². The Bertz CT molecular complexity index is 806. The first-order valence-electron chi connectivity index (χ1n) is 7.01. The zero-order valence-electron chi connectivity index (χ0n) is 12.7. The summed E-state index contributed by atoms with van der Waals surface area (Å²) in [5.41, 5.74) is 0.576. The lowest BCUT2D eigenvalue weighted by atomic mass is 10.1. The van der Waals surface area contributed by atoms with Gasteiger partial charge in [-0.25, -0.2) is 8.78 Å². The fourth-order valence-electron chi connectivity index (χ4n) is 1.95. The largest absolute Gasteiger partial charge is 0.326 e. The molecule has 0 bridgehead atoms. The number of benzene rings is 2. The lowest BCUT2D eigenvalue weighted by Gasteiger charge is -2.08. The summed E-state index contributed by atoms with van der Waals surface area (Å²) in [6.07, 6.45) is -0.554. The Balaban J connectivity index is 1.95.